The molecule has 0 amide bonds. The molecular formula is C22H27N3O5S3. The number of benzene rings is 2. The number of aliphatic carboxylic acids is 1. The average Bonchev–Trinajstić information content (AvgIpc) is 3.34. The van der Waals surface area contributed by atoms with Gasteiger partial charge in [0.1, 0.15) is 5.75 Å². The van der Waals surface area contributed by atoms with Crippen LogP contribution < -0.4 is 15.4 Å². The fourth-order valence-electron chi connectivity index (χ4n) is 3.60. The molecule has 2 aromatic rings. The molecule has 3 N–H and O–H groups in total. The maximum Gasteiger partial charge on any atom is 0.305 e. The molecule has 1 unspecified atom stereocenters. The van der Waals surface area contributed by atoms with Crippen molar-refractivity contribution in [3.63, 3.8) is 0 Å². The van der Waals surface area contributed by atoms with Gasteiger partial charge in [0.05, 0.1) is 30.2 Å². The topological polar surface area (TPSA) is 108 Å². The summed E-state index contributed by atoms with van der Waals surface area (Å²) in [5, 5.41) is 15.5. The highest BCUT2D eigenvalue weighted by molar-refractivity contribution is 7.98. The zero-order chi connectivity index (χ0) is 24.0. The van der Waals surface area contributed by atoms with Crippen molar-refractivity contribution in [1.29, 1.82) is 0 Å². The summed E-state index contributed by atoms with van der Waals surface area (Å²) < 4.78 is 32.7. The molecule has 2 aromatic carbocycles. The molecule has 1 saturated heterocycles. The Bertz CT molecular complexity index is 1100. The van der Waals surface area contributed by atoms with Crippen molar-refractivity contribution < 1.29 is 23.1 Å². The van der Waals surface area contributed by atoms with Gasteiger partial charge in [-0.25, -0.2) is 8.42 Å². The summed E-state index contributed by atoms with van der Waals surface area (Å²) in [6.07, 6.45) is 3.47. The number of nitrogens with zero attached hydrogens (tertiary/aromatic N) is 1. The van der Waals surface area contributed by atoms with Crippen LogP contribution in [0.4, 0.5) is 5.69 Å². The lowest BCUT2D eigenvalue weighted by Gasteiger charge is -2.22. The molecule has 0 saturated carbocycles. The molecule has 1 aliphatic heterocycles. The number of carboxylic acids is 1. The van der Waals surface area contributed by atoms with E-state index in [1.165, 1.54) is 23.5 Å². The summed E-state index contributed by atoms with van der Waals surface area (Å²) in [7, 11) is -2.14. The van der Waals surface area contributed by atoms with E-state index in [1.54, 1.807) is 17.8 Å². The molecule has 0 aliphatic carbocycles. The zero-order valence-corrected chi connectivity index (χ0v) is 20.9. The van der Waals surface area contributed by atoms with Gasteiger partial charge in [-0.2, -0.15) is 4.31 Å². The number of thiocarbonyl (C=S) groups is 1. The quantitative estimate of drug-likeness (QED) is 0.344. The predicted octanol–water partition coefficient (Wildman–Crippen LogP) is 3.70. The molecule has 1 fully saturated rings. The minimum atomic E-state index is -3.62. The normalized spacial score (nSPS) is 15.1. The molecule has 1 heterocycles. The van der Waals surface area contributed by atoms with Gasteiger partial charge in [0.2, 0.25) is 10.0 Å². The Morgan fingerprint density at radius 2 is 1.88 bits per heavy atom. The number of ether oxygens (including phenoxy) is 1. The molecule has 1 atom stereocenters. The maximum atomic E-state index is 13.0. The second kappa shape index (κ2) is 11.2. The fourth-order valence-corrected chi connectivity index (χ4v) is 5.81. The third-order valence-electron chi connectivity index (χ3n) is 5.32. The average molecular weight is 510 g/mol. The molecule has 0 bridgehead atoms. The molecule has 0 spiro atoms. The van der Waals surface area contributed by atoms with Gasteiger partial charge in [-0.3, -0.25) is 4.79 Å². The zero-order valence-electron chi connectivity index (χ0n) is 18.4. The van der Waals surface area contributed by atoms with Crippen LogP contribution in [-0.2, 0) is 14.8 Å². The van der Waals surface area contributed by atoms with Crippen molar-refractivity contribution in [2.24, 2.45) is 0 Å². The van der Waals surface area contributed by atoms with Crippen LogP contribution in [0.25, 0.3) is 0 Å². The van der Waals surface area contributed by atoms with E-state index in [2.05, 4.69) is 10.6 Å². The lowest BCUT2D eigenvalue weighted by atomic mass is 10.0. The number of nitrogens with one attached hydrogen (secondary N) is 2. The third kappa shape index (κ3) is 6.38. The van der Waals surface area contributed by atoms with E-state index in [0.717, 1.165) is 23.3 Å². The Labute approximate surface area is 203 Å². The van der Waals surface area contributed by atoms with Gasteiger partial charge in [-0.15, -0.1) is 11.8 Å². The largest absolute Gasteiger partial charge is 0.495 e. The molecular weight excluding hydrogens is 482 g/mol. The maximum absolute atomic E-state index is 13.0. The van der Waals surface area contributed by atoms with Crippen molar-refractivity contribution in [1.82, 2.24) is 9.62 Å². The van der Waals surface area contributed by atoms with E-state index >= 15 is 0 Å². The fraction of sp³-hybridized carbons (Fsp3) is 0.364. The summed E-state index contributed by atoms with van der Waals surface area (Å²) in [5.41, 5.74) is 1.15. The molecule has 0 radical (unpaired) electrons. The van der Waals surface area contributed by atoms with Crippen molar-refractivity contribution in [3.8, 4) is 5.75 Å². The van der Waals surface area contributed by atoms with Gasteiger partial charge < -0.3 is 20.5 Å². The SMILES string of the molecule is COc1ccc(S(=O)(=O)N2CCCC2)cc1NC(=S)NC(CC(=O)O)c1ccc(SC)cc1. The van der Waals surface area contributed by atoms with Gasteiger partial charge in [-0.05, 0) is 67.2 Å². The van der Waals surface area contributed by atoms with Crippen LogP contribution >= 0.6 is 24.0 Å². The second-order valence-electron chi connectivity index (χ2n) is 7.50. The highest BCUT2D eigenvalue weighted by Crippen LogP contribution is 2.30. The Balaban J connectivity index is 1.81. The van der Waals surface area contributed by atoms with Crippen LogP contribution in [0.2, 0.25) is 0 Å². The van der Waals surface area contributed by atoms with Crippen LogP contribution in [0, 0.1) is 0 Å². The van der Waals surface area contributed by atoms with Crippen LogP contribution in [0.15, 0.2) is 52.3 Å². The standard InChI is InChI=1S/C22H27N3O5S3/c1-30-20-10-9-17(33(28,29)25-11-3-4-12-25)13-19(20)24-22(31)23-18(14-21(26)27)15-5-7-16(32-2)8-6-15/h5-10,13,18H,3-4,11-12,14H2,1-2H3,(H,26,27)(H2,23,24,31). The molecule has 178 valence electrons. The van der Waals surface area contributed by atoms with Crippen LogP contribution in [-0.4, -0.2) is 55.4 Å². The first kappa shape index (κ1) is 25.3. The number of methoxy groups -OCH3 is 1. The number of carbonyl (C=O) groups is 1. The first-order chi connectivity index (χ1) is 15.7. The minimum Gasteiger partial charge on any atom is -0.495 e. The summed E-state index contributed by atoms with van der Waals surface area (Å²) in [6, 6.07) is 11.6. The summed E-state index contributed by atoms with van der Waals surface area (Å²) in [4.78, 5) is 12.6. The second-order valence-corrected chi connectivity index (χ2v) is 10.7. The number of hydrogen-bond donors (Lipinski definition) is 3. The Hall–Kier alpha value is -2.34. The van der Waals surface area contributed by atoms with Crippen molar-refractivity contribution in [2.45, 2.75) is 35.1 Å². The highest BCUT2D eigenvalue weighted by atomic mass is 32.2. The van der Waals surface area contributed by atoms with E-state index in [-0.39, 0.29) is 16.4 Å². The highest BCUT2D eigenvalue weighted by Gasteiger charge is 2.28. The molecule has 8 nitrogen and oxygen atoms in total. The first-order valence-electron chi connectivity index (χ1n) is 10.4. The lowest BCUT2D eigenvalue weighted by Crippen LogP contribution is -2.34. The van der Waals surface area contributed by atoms with E-state index in [9.17, 15) is 18.3 Å². The molecule has 0 aromatic heterocycles. The van der Waals surface area contributed by atoms with Gasteiger partial charge in [0.25, 0.3) is 0 Å². The van der Waals surface area contributed by atoms with Crippen LogP contribution in [0.3, 0.4) is 0 Å². The molecule has 11 heteroatoms. The molecule has 3 rings (SSSR count). The van der Waals surface area contributed by atoms with Crippen LogP contribution in [0.5, 0.6) is 5.75 Å². The van der Waals surface area contributed by atoms with E-state index in [1.807, 2.05) is 30.5 Å². The van der Waals surface area contributed by atoms with Gasteiger partial charge >= 0.3 is 5.97 Å². The molecule has 33 heavy (non-hydrogen) atoms. The first-order valence-corrected chi connectivity index (χ1v) is 13.4. The third-order valence-corrected chi connectivity index (χ3v) is 8.18. The molecule has 1 aliphatic rings. The number of sulfonamides is 1. The van der Waals surface area contributed by atoms with E-state index in [0.29, 0.717) is 24.5 Å². The summed E-state index contributed by atoms with van der Waals surface area (Å²) in [6.45, 7) is 1.01. The van der Waals surface area contributed by atoms with Crippen molar-refractivity contribution >= 4 is 50.8 Å². The lowest BCUT2D eigenvalue weighted by molar-refractivity contribution is -0.137. The van der Waals surface area contributed by atoms with Gasteiger partial charge in [0, 0.05) is 18.0 Å². The van der Waals surface area contributed by atoms with E-state index < -0.39 is 22.0 Å². The van der Waals surface area contributed by atoms with Crippen molar-refractivity contribution in [3.05, 3.63) is 48.0 Å². The monoisotopic (exact) mass is 509 g/mol. The van der Waals surface area contributed by atoms with E-state index in [4.69, 9.17) is 17.0 Å². The number of carboxylic acid groups (broad SMARTS) is 1. The minimum absolute atomic E-state index is 0.144. The Kier molecular flexibility index (Phi) is 8.57. The smallest absolute Gasteiger partial charge is 0.305 e. The van der Waals surface area contributed by atoms with Crippen LogP contribution in [0.1, 0.15) is 30.9 Å². The van der Waals surface area contributed by atoms with Gasteiger partial charge in [0.15, 0.2) is 5.11 Å². The number of anilines is 1. The number of rotatable bonds is 9. The summed E-state index contributed by atoms with van der Waals surface area (Å²) >= 11 is 7.02. The predicted molar refractivity (Wildman–Crippen MR) is 134 cm³/mol. The number of hydrogen-bond acceptors (Lipinski definition) is 6. The van der Waals surface area contributed by atoms with Crippen molar-refractivity contribution in [2.75, 3.05) is 31.8 Å². The van der Waals surface area contributed by atoms with Gasteiger partial charge in [-0.1, -0.05) is 12.1 Å². The summed E-state index contributed by atoms with van der Waals surface area (Å²) in [5.74, 6) is -0.556. The Morgan fingerprint density at radius 3 is 2.45 bits per heavy atom. The number of thioether (sulfide) groups is 1. The Morgan fingerprint density at radius 1 is 1.21 bits per heavy atom.